The summed E-state index contributed by atoms with van der Waals surface area (Å²) in [4.78, 5) is 16.8. The third-order valence-corrected chi connectivity index (χ3v) is 4.31. The Hall–Kier alpha value is -3.74. The van der Waals surface area contributed by atoms with Gasteiger partial charge >= 0.3 is 0 Å². The number of carbonyl (C=O) groups excluding carboxylic acids is 1. The van der Waals surface area contributed by atoms with Gasteiger partial charge in [0.15, 0.2) is 0 Å². The molecule has 7 nitrogen and oxygen atoms in total. The minimum absolute atomic E-state index is 0.296. The molecule has 0 aliphatic carbocycles. The van der Waals surface area contributed by atoms with Crippen molar-refractivity contribution in [3.05, 3.63) is 72.1 Å². The highest BCUT2D eigenvalue weighted by Crippen LogP contribution is 2.29. The van der Waals surface area contributed by atoms with Gasteiger partial charge in [-0.05, 0) is 42.0 Å². The molecule has 0 aliphatic heterocycles. The second kappa shape index (κ2) is 9.45. The van der Waals surface area contributed by atoms with Crippen molar-refractivity contribution in [2.24, 2.45) is 0 Å². The number of nitrogens with zero attached hydrogens (tertiary/aromatic N) is 1. The number of hydrogen-bond acceptors (Lipinski definition) is 6. The van der Waals surface area contributed by atoms with Crippen LogP contribution >= 0.6 is 0 Å². The van der Waals surface area contributed by atoms with E-state index < -0.39 is 0 Å². The van der Waals surface area contributed by atoms with E-state index in [0.29, 0.717) is 29.4 Å². The summed E-state index contributed by atoms with van der Waals surface area (Å²) in [6.45, 7) is 0.637. The Morgan fingerprint density at radius 2 is 1.62 bits per heavy atom. The quantitative estimate of drug-likeness (QED) is 0.603. The lowest BCUT2D eigenvalue weighted by molar-refractivity contribution is 0.102. The predicted molar refractivity (Wildman–Crippen MR) is 112 cm³/mol. The SMILES string of the molecule is COc1ccc(CNc2ccc(C(=O)Nc3cc(OC)ccc3OC)nc2)cc1. The highest BCUT2D eigenvalue weighted by atomic mass is 16.5. The number of ether oxygens (including phenoxy) is 3. The number of hydrogen-bond donors (Lipinski definition) is 2. The summed E-state index contributed by atoms with van der Waals surface area (Å²) in [6.07, 6.45) is 1.63. The molecule has 0 saturated carbocycles. The molecule has 1 heterocycles. The number of aromatic nitrogens is 1. The summed E-state index contributed by atoms with van der Waals surface area (Å²) in [7, 11) is 4.74. The van der Waals surface area contributed by atoms with Crippen molar-refractivity contribution in [1.82, 2.24) is 4.98 Å². The summed E-state index contributed by atoms with van der Waals surface area (Å²) < 4.78 is 15.6. The molecule has 29 heavy (non-hydrogen) atoms. The number of methoxy groups -OCH3 is 3. The number of amides is 1. The summed E-state index contributed by atoms with van der Waals surface area (Å²) in [5.74, 6) is 1.64. The van der Waals surface area contributed by atoms with E-state index >= 15 is 0 Å². The van der Waals surface area contributed by atoms with Crippen molar-refractivity contribution in [2.45, 2.75) is 6.54 Å². The van der Waals surface area contributed by atoms with Gasteiger partial charge in [-0.2, -0.15) is 0 Å². The van der Waals surface area contributed by atoms with E-state index in [0.717, 1.165) is 17.0 Å². The average molecular weight is 393 g/mol. The predicted octanol–water partition coefficient (Wildman–Crippen LogP) is 3.97. The van der Waals surface area contributed by atoms with Gasteiger partial charge in [0.25, 0.3) is 5.91 Å². The topological polar surface area (TPSA) is 81.7 Å². The van der Waals surface area contributed by atoms with Crippen LogP contribution in [0.1, 0.15) is 16.1 Å². The van der Waals surface area contributed by atoms with Crippen LogP contribution in [-0.2, 0) is 6.54 Å². The normalized spacial score (nSPS) is 10.2. The third kappa shape index (κ3) is 5.16. The van der Waals surface area contributed by atoms with E-state index in [4.69, 9.17) is 14.2 Å². The van der Waals surface area contributed by atoms with Crippen LogP contribution in [0, 0.1) is 0 Å². The maximum absolute atomic E-state index is 12.5. The number of carbonyl (C=O) groups is 1. The van der Waals surface area contributed by atoms with Crippen molar-refractivity contribution in [2.75, 3.05) is 32.0 Å². The molecule has 0 bridgehead atoms. The molecule has 0 saturated heterocycles. The Kier molecular flexibility index (Phi) is 6.52. The molecule has 2 aromatic carbocycles. The van der Waals surface area contributed by atoms with Gasteiger partial charge in [-0.25, -0.2) is 4.98 Å². The van der Waals surface area contributed by atoms with E-state index in [9.17, 15) is 4.79 Å². The molecule has 7 heteroatoms. The van der Waals surface area contributed by atoms with E-state index in [1.807, 2.05) is 30.3 Å². The molecule has 1 amide bonds. The van der Waals surface area contributed by atoms with Crippen LogP contribution in [0.25, 0.3) is 0 Å². The van der Waals surface area contributed by atoms with Gasteiger partial charge in [-0.1, -0.05) is 12.1 Å². The zero-order valence-electron chi connectivity index (χ0n) is 16.6. The smallest absolute Gasteiger partial charge is 0.274 e. The van der Waals surface area contributed by atoms with Crippen LogP contribution in [0.3, 0.4) is 0 Å². The second-order valence-electron chi connectivity index (χ2n) is 6.15. The lowest BCUT2D eigenvalue weighted by atomic mass is 10.2. The number of rotatable bonds is 8. The summed E-state index contributed by atoms with van der Waals surface area (Å²) >= 11 is 0. The number of anilines is 2. The van der Waals surface area contributed by atoms with Gasteiger partial charge in [0.1, 0.15) is 22.9 Å². The largest absolute Gasteiger partial charge is 0.497 e. The van der Waals surface area contributed by atoms with E-state index in [1.54, 1.807) is 51.8 Å². The lowest BCUT2D eigenvalue weighted by Gasteiger charge is -2.12. The Morgan fingerprint density at radius 3 is 2.24 bits per heavy atom. The lowest BCUT2D eigenvalue weighted by Crippen LogP contribution is -2.14. The van der Waals surface area contributed by atoms with Crippen molar-refractivity contribution >= 4 is 17.3 Å². The third-order valence-electron chi connectivity index (χ3n) is 4.31. The highest BCUT2D eigenvalue weighted by Gasteiger charge is 2.12. The zero-order chi connectivity index (χ0) is 20.6. The van der Waals surface area contributed by atoms with E-state index in [-0.39, 0.29) is 5.91 Å². The van der Waals surface area contributed by atoms with Gasteiger partial charge in [-0.15, -0.1) is 0 Å². The Balaban J connectivity index is 1.62. The van der Waals surface area contributed by atoms with E-state index in [1.165, 1.54) is 0 Å². The van der Waals surface area contributed by atoms with Crippen LogP contribution in [0.5, 0.6) is 17.2 Å². The number of benzene rings is 2. The van der Waals surface area contributed by atoms with Crippen LogP contribution in [0.2, 0.25) is 0 Å². The first-order valence-corrected chi connectivity index (χ1v) is 8.99. The fourth-order valence-corrected chi connectivity index (χ4v) is 2.68. The van der Waals surface area contributed by atoms with Gasteiger partial charge in [0.2, 0.25) is 0 Å². The molecular formula is C22H23N3O4. The average Bonchev–Trinajstić information content (AvgIpc) is 2.78. The zero-order valence-corrected chi connectivity index (χ0v) is 16.6. The molecule has 2 N–H and O–H groups in total. The molecule has 0 aliphatic rings. The van der Waals surface area contributed by atoms with Gasteiger partial charge in [0, 0.05) is 12.6 Å². The summed E-state index contributed by atoms with van der Waals surface area (Å²) in [6, 6.07) is 16.5. The monoisotopic (exact) mass is 393 g/mol. The maximum Gasteiger partial charge on any atom is 0.274 e. The fraction of sp³-hybridized carbons (Fsp3) is 0.182. The molecule has 0 fully saturated rings. The van der Waals surface area contributed by atoms with Gasteiger partial charge in [0.05, 0.1) is 38.9 Å². The van der Waals surface area contributed by atoms with Crippen molar-refractivity contribution in [3.8, 4) is 17.2 Å². The van der Waals surface area contributed by atoms with Gasteiger partial charge < -0.3 is 24.8 Å². The van der Waals surface area contributed by atoms with Crippen molar-refractivity contribution in [3.63, 3.8) is 0 Å². The molecular weight excluding hydrogens is 370 g/mol. The maximum atomic E-state index is 12.5. The first-order chi connectivity index (χ1) is 14.1. The fourth-order valence-electron chi connectivity index (χ4n) is 2.68. The molecule has 0 unspecified atom stereocenters. The molecule has 3 rings (SSSR count). The Bertz CT molecular complexity index is 957. The first-order valence-electron chi connectivity index (χ1n) is 8.99. The number of pyridine rings is 1. The van der Waals surface area contributed by atoms with Crippen LogP contribution in [-0.4, -0.2) is 32.2 Å². The van der Waals surface area contributed by atoms with Gasteiger partial charge in [-0.3, -0.25) is 4.79 Å². The van der Waals surface area contributed by atoms with E-state index in [2.05, 4.69) is 15.6 Å². The Morgan fingerprint density at radius 1 is 0.897 bits per heavy atom. The van der Waals surface area contributed by atoms with Crippen LogP contribution < -0.4 is 24.8 Å². The number of nitrogens with one attached hydrogen (secondary N) is 2. The molecule has 0 radical (unpaired) electrons. The Labute approximate surface area is 169 Å². The molecule has 0 atom stereocenters. The summed E-state index contributed by atoms with van der Waals surface area (Å²) in [5.41, 5.74) is 2.74. The molecule has 150 valence electrons. The van der Waals surface area contributed by atoms with Crippen LogP contribution in [0.15, 0.2) is 60.8 Å². The minimum Gasteiger partial charge on any atom is -0.497 e. The molecule has 3 aromatic rings. The minimum atomic E-state index is -0.335. The second-order valence-corrected chi connectivity index (χ2v) is 6.15. The molecule has 0 spiro atoms. The van der Waals surface area contributed by atoms with Crippen molar-refractivity contribution in [1.29, 1.82) is 0 Å². The van der Waals surface area contributed by atoms with Crippen LogP contribution in [0.4, 0.5) is 11.4 Å². The summed E-state index contributed by atoms with van der Waals surface area (Å²) in [5, 5.41) is 6.08. The highest BCUT2D eigenvalue weighted by molar-refractivity contribution is 6.03. The first kappa shape index (κ1) is 20.0. The standard InChI is InChI=1S/C22H23N3O4/c1-27-17-7-4-15(5-8-17)13-23-16-6-10-19(24-14-16)22(26)25-20-12-18(28-2)9-11-21(20)29-3/h4-12,14,23H,13H2,1-3H3,(H,25,26). The molecule has 1 aromatic heterocycles. The van der Waals surface area contributed by atoms with Crippen molar-refractivity contribution < 1.29 is 19.0 Å².